The Labute approximate surface area is 121 Å². The third-order valence-corrected chi connectivity index (χ3v) is 3.98. The molecule has 1 aromatic heterocycles. The summed E-state index contributed by atoms with van der Waals surface area (Å²) >= 11 is 3.09. The van der Waals surface area contributed by atoms with Gasteiger partial charge in [-0.2, -0.15) is 18.3 Å². The predicted octanol–water partition coefficient (Wildman–Crippen LogP) is 1.37. The molecule has 1 fully saturated rings. The van der Waals surface area contributed by atoms with Gasteiger partial charge in [0, 0.05) is 19.1 Å². The fourth-order valence-corrected chi connectivity index (χ4v) is 2.73. The molecule has 5 nitrogen and oxygen atoms in total. The van der Waals surface area contributed by atoms with Gasteiger partial charge in [0.15, 0.2) is 0 Å². The summed E-state index contributed by atoms with van der Waals surface area (Å²) in [6.07, 6.45) is -2.26. The number of hydrogen-bond acceptors (Lipinski definition) is 4. The number of alkyl halides is 3. The lowest BCUT2D eigenvalue weighted by Crippen LogP contribution is -2.34. The lowest BCUT2D eigenvalue weighted by atomic mass is 10.3. The zero-order valence-electron chi connectivity index (χ0n) is 10.7. The normalized spacial score (nSPS) is 19.6. The van der Waals surface area contributed by atoms with Crippen LogP contribution in [0.1, 0.15) is 6.42 Å². The molecule has 1 aliphatic heterocycles. The first kappa shape index (κ1) is 15.3. The fourth-order valence-electron chi connectivity index (χ4n) is 2.17. The maximum atomic E-state index is 12.3. The van der Waals surface area contributed by atoms with Crippen LogP contribution < -0.4 is 15.8 Å². The fraction of sp³-hybridized carbons (Fsp3) is 0.636. The van der Waals surface area contributed by atoms with Gasteiger partial charge >= 0.3 is 6.18 Å². The SMILES string of the molecule is CNC1CCN(c2cnn(CC(F)(F)F)c(=O)c2Br)C1. The summed E-state index contributed by atoms with van der Waals surface area (Å²) in [5, 5.41) is 6.74. The van der Waals surface area contributed by atoms with Gasteiger partial charge in [-0.25, -0.2) is 4.68 Å². The first-order valence-corrected chi connectivity index (χ1v) is 6.85. The van der Waals surface area contributed by atoms with Gasteiger partial charge in [-0.3, -0.25) is 4.79 Å². The average Bonchev–Trinajstić information content (AvgIpc) is 2.82. The maximum absolute atomic E-state index is 12.3. The van der Waals surface area contributed by atoms with Crippen molar-refractivity contribution >= 4 is 21.6 Å². The molecule has 0 radical (unpaired) electrons. The van der Waals surface area contributed by atoms with Gasteiger partial charge in [0.1, 0.15) is 11.0 Å². The highest BCUT2D eigenvalue weighted by Gasteiger charge is 2.30. The first-order valence-electron chi connectivity index (χ1n) is 6.06. The van der Waals surface area contributed by atoms with Crippen molar-refractivity contribution in [3.63, 3.8) is 0 Å². The Hall–Kier alpha value is -1.09. The van der Waals surface area contributed by atoms with Crippen LogP contribution in [-0.4, -0.2) is 42.1 Å². The van der Waals surface area contributed by atoms with E-state index in [1.165, 1.54) is 6.20 Å². The molecule has 20 heavy (non-hydrogen) atoms. The summed E-state index contributed by atoms with van der Waals surface area (Å²) in [4.78, 5) is 13.8. The number of halogens is 4. The third-order valence-electron chi connectivity index (χ3n) is 3.23. The number of hydrogen-bond donors (Lipinski definition) is 1. The molecule has 0 bridgehead atoms. The Bertz CT molecular complexity index is 545. The third kappa shape index (κ3) is 3.32. The van der Waals surface area contributed by atoms with Gasteiger partial charge in [0.05, 0.1) is 11.9 Å². The van der Waals surface area contributed by atoms with Crippen molar-refractivity contribution in [1.82, 2.24) is 15.1 Å². The zero-order chi connectivity index (χ0) is 14.9. The smallest absolute Gasteiger partial charge is 0.368 e. The van der Waals surface area contributed by atoms with Crippen molar-refractivity contribution in [3.05, 3.63) is 21.0 Å². The van der Waals surface area contributed by atoms with E-state index in [4.69, 9.17) is 0 Å². The molecule has 1 aliphatic rings. The van der Waals surface area contributed by atoms with E-state index in [0.717, 1.165) is 13.0 Å². The van der Waals surface area contributed by atoms with Crippen molar-refractivity contribution in [2.45, 2.75) is 25.2 Å². The van der Waals surface area contributed by atoms with E-state index in [-0.39, 0.29) is 4.47 Å². The van der Waals surface area contributed by atoms with Gasteiger partial charge in [-0.1, -0.05) is 0 Å². The minimum Gasteiger partial charge on any atom is -0.368 e. The summed E-state index contributed by atoms with van der Waals surface area (Å²) in [7, 11) is 1.85. The summed E-state index contributed by atoms with van der Waals surface area (Å²) in [6.45, 7) is 0.0396. The molecular weight excluding hydrogens is 341 g/mol. The average molecular weight is 355 g/mol. The van der Waals surface area contributed by atoms with Gasteiger partial charge in [-0.05, 0) is 29.4 Å². The number of aromatic nitrogens is 2. The maximum Gasteiger partial charge on any atom is 0.408 e. The standard InChI is InChI=1S/C11H14BrF3N4O/c1-16-7-2-3-18(5-7)8-4-17-19(6-11(13,14)15)10(20)9(8)12/h4,7,16H,2-3,5-6H2,1H3. The van der Waals surface area contributed by atoms with Crippen LogP contribution in [0.2, 0.25) is 0 Å². The van der Waals surface area contributed by atoms with E-state index < -0.39 is 18.3 Å². The minimum absolute atomic E-state index is 0.119. The highest BCUT2D eigenvalue weighted by atomic mass is 79.9. The molecule has 1 unspecified atom stereocenters. The van der Waals surface area contributed by atoms with Crippen LogP contribution in [0.3, 0.4) is 0 Å². The number of rotatable bonds is 3. The molecule has 0 aliphatic carbocycles. The summed E-state index contributed by atoms with van der Waals surface area (Å²) in [5.74, 6) is 0. The van der Waals surface area contributed by atoms with Crippen LogP contribution in [-0.2, 0) is 6.54 Å². The molecule has 2 heterocycles. The second-order valence-electron chi connectivity index (χ2n) is 4.64. The van der Waals surface area contributed by atoms with E-state index in [9.17, 15) is 18.0 Å². The number of nitrogens with one attached hydrogen (secondary N) is 1. The molecule has 1 saturated heterocycles. The monoisotopic (exact) mass is 354 g/mol. The number of anilines is 1. The van der Waals surface area contributed by atoms with Crippen molar-refractivity contribution in [2.75, 3.05) is 25.0 Å². The molecule has 0 spiro atoms. The minimum atomic E-state index is -4.47. The van der Waals surface area contributed by atoms with Gasteiger partial charge < -0.3 is 10.2 Å². The van der Waals surface area contributed by atoms with E-state index in [0.29, 0.717) is 23.0 Å². The highest BCUT2D eigenvalue weighted by molar-refractivity contribution is 9.10. The molecule has 2 rings (SSSR count). The molecule has 112 valence electrons. The van der Waals surface area contributed by atoms with E-state index in [2.05, 4.69) is 26.3 Å². The summed E-state index contributed by atoms with van der Waals surface area (Å²) < 4.78 is 37.5. The van der Waals surface area contributed by atoms with Crippen LogP contribution in [0.5, 0.6) is 0 Å². The van der Waals surface area contributed by atoms with E-state index in [1.807, 2.05) is 11.9 Å². The molecule has 0 aromatic carbocycles. The quantitative estimate of drug-likeness (QED) is 0.890. The molecule has 1 atom stereocenters. The molecule has 0 amide bonds. The van der Waals surface area contributed by atoms with Crippen LogP contribution >= 0.6 is 15.9 Å². The molecule has 0 saturated carbocycles. The predicted molar refractivity (Wildman–Crippen MR) is 71.9 cm³/mol. The summed E-state index contributed by atoms with van der Waals surface area (Å²) in [5.41, 5.74) is -0.237. The zero-order valence-corrected chi connectivity index (χ0v) is 12.3. The molecule has 9 heteroatoms. The van der Waals surface area contributed by atoms with Crippen molar-refractivity contribution in [2.24, 2.45) is 0 Å². The molecule has 1 N–H and O–H groups in total. The second-order valence-corrected chi connectivity index (χ2v) is 5.44. The Balaban J connectivity index is 2.26. The molecular formula is C11H14BrF3N4O. The first-order chi connectivity index (χ1) is 9.31. The number of nitrogens with zero attached hydrogens (tertiary/aromatic N) is 3. The van der Waals surface area contributed by atoms with Crippen LogP contribution in [0.25, 0.3) is 0 Å². The lowest BCUT2D eigenvalue weighted by Gasteiger charge is -2.20. The Morgan fingerprint density at radius 3 is 2.80 bits per heavy atom. The van der Waals surface area contributed by atoms with E-state index >= 15 is 0 Å². The van der Waals surface area contributed by atoms with Gasteiger partial charge in [0.25, 0.3) is 5.56 Å². The van der Waals surface area contributed by atoms with Crippen LogP contribution in [0, 0.1) is 0 Å². The molecule has 1 aromatic rings. The van der Waals surface area contributed by atoms with Crippen molar-refractivity contribution in [1.29, 1.82) is 0 Å². The van der Waals surface area contributed by atoms with Gasteiger partial charge in [-0.15, -0.1) is 0 Å². The Kier molecular flexibility index (Phi) is 4.38. The largest absolute Gasteiger partial charge is 0.408 e. The Morgan fingerprint density at radius 2 is 2.25 bits per heavy atom. The van der Waals surface area contributed by atoms with Crippen molar-refractivity contribution in [3.8, 4) is 0 Å². The van der Waals surface area contributed by atoms with Crippen LogP contribution in [0.15, 0.2) is 15.5 Å². The Morgan fingerprint density at radius 1 is 1.55 bits per heavy atom. The van der Waals surface area contributed by atoms with Crippen LogP contribution in [0.4, 0.5) is 18.9 Å². The second kappa shape index (κ2) is 5.72. The topological polar surface area (TPSA) is 50.2 Å². The lowest BCUT2D eigenvalue weighted by molar-refractivity contribution is -0.143. The van der Waals surface area contributed by atoms with Crippen molar-refractivity contribution < 1.29 is 13.2 Å². The number of likely N-dealkylation sites (N-methyl/N-ethyl adjacent to an activating group) is 1. The van der Waals surface area contributed by atoms with Gasteiger partial charge in [0.2, 0.25) is 0 Å². The summed E-state index contributed by atoms with van der Waals surface area (Å²) in [6, 6.07) is 0.305. The van der Waals surface area contributed by atoms with E-state index in [1.54, 1.807) is 0 Å². The highest BCUT2D eigenvalue weighted by Crippen LogP contribution is 2.26.